The zero-order chi connectivity index (χ0) is 20.6. The Morgan fingerprint density at radius 1 is 1.32 bits per heavy atom. The smallest absolute Gasteiger partial charge is 0.388 e. The van der Waals surface area contributed by atoms with Crippen LogP contribution in [0.25, 0.3) is 10.9 Å². The highest BCUT2D eigenvalue weighted by atomic mass is 35.5. The second-order valence-corrected chi connectivity index (χ2v) is 7.09. The van der Waals surface area contributed by atoms with Crippen molar-refractivity contribution in [3.05, 3.63) is 45.4 Å². The standard InChI is InChI=1S/C18H14ClF2NO5S/c1-8-10(5-15(23)24)11-4-14(26-2)12(19)6-13(11)22(8)17(25)9-3-16(28-7-9)27-18(20)21/h3-4,6-7,18H,5H2,1-2H3,(H,23,24). The van der Waals surface area contributed by atoms with Crippen molar-refractivity contribution in [2.45, 2.75) is 20.0 Å². The van der Waals surface area contributed by atoms with E-state index in [1.54, 1.807) is 13.0 Å². The van der Waals surface area contributed by atoms with E-state index in [1.807, 2.05) is 0 Å². The number of rotatable bonds is 6. The highest BCUT2D eigenvalue weighted by Crippen LogP contribution is 2.36. The van der Waals surface area contributed by atoms with E-state index in [1.165, 1.54) is 29.2 Å². The van der Waals surface area contributed by atoms with Crippen molar-refractivity contribution in [1.29, 1.82) is 0 Å². The molecule has 0 saturated heterocycles. The van der Waals surface area contributed by atoms with Crippen LogP contribution < -0.4 is 9.47 Å². The number of fused-ring (bicyclic) bond motifs is 1. The molecule has 6 nitrogen and oxygen atoms in total. The molecule has 0 bridgehead atoms. The molecule has 0 spiro atoms. The third-order valence-electron chi connectivity index (χ3n) is 4.17. The van der Waals surface area contributed by atoms with Gasteiger partial charge in [-0.05, 0) is 24.6 Å². The molecule has 0 fully saturated rings. The molecule has 1 N–H and O–H groups in total. The van der Waals surface area contributed by atoms with E-state index in [2.05, 4.69) is 4.74 Å². The molecule has 28 heavy (non-hydrogen) atoms. The predicted octanol–water partition coefficient (Wildman–Crippen LogP) is 4.59. The van der Waals surface area contributed by atoms with Crippen molar-refractivity contribution < 1.29 is 33.0 Å². The summed E-state index contributed by atoms with van der Waals surface area (Å²) in [5, 5.41) is 11.3. The van der Waals surface area contributed by atoms with Gasteiger partial charge in [-0.1, -0.05) is 11.6 Å². The van der Waals surface area contributed by atoms with Gasteiger partial charge in [0.05, 0.1) is 29.6 Å². The van der Waals surface area contributed by atoms with Gasteiger partial charge in [0, 0.05) is 22.5 Å². The zero-order valence-electron chi connectivity index (χ0n) is 14.7. The molecule has 2 heterocycles. The summed E-state index contributed by atoms with van der Waals surface area (Å²) in [4.78, 5) is 24.4. The molecule has 0 unspecified atom stereocenters. The Morgan fingerprint density at radius 2 is 2.04 bits per heavy atom. The number of carboxylic acids is 1. The number of hydrogen-bond acceptors (Lipinski definition) is 5. The molecule has 0 aliphatic rings. The maximum atomic E-state index is 13.0. The van der Waals surface area contributed by atoms with Gasteiger partial charge in [-0.15, -0.1) is 11.3 Å². The maximum Gasteiger partial charge on any atom is 0.388 e. The second-order valence-electron chi connectivity index (χ2n) is 5.81. The van der Waals surface area contributed by atoms with Crippen LogP contribution in [0.2, 0.25) is 5.02 Å². The Bertz CT molecular complexity index is 1080. The van der Waals surface area contributed by atoms with Crippen LogP contribution >= 0.6 is 22.9 Å². The number of nitrogens with zero attached hydrogens (tertiary/aromatic N) is 1. The molecule has 148 valence electrons. The summed E-state index contributed by atoms with van der Waals surface area (Å²) < 4.78 is 35.6. The quantitative estimate of drug-likeness (QED) is 0.620. The first-order valence-electron chi connectivity index (χ1n) is 7.90. The number of carbonyl (C=O) groups excluding carboxylic acids is 1. The molecule has 0 aliphatic heterocycles. The van der Waals surface area contributed by atoms with Gasteiger partial charge in [0.15, 0.2) is 5.06 Å². The summed E-state index contributed by atoms with van der Waals surface area (Å²) in [6, 6.07) is 4.30. The molecule has 0 amide bonds. The second kappa shape index (κ2) is 7.76. The topological polar surface area (TPSA) is 77.8 Å². The molecule has 2 aromatic heterocycles. The lowest BCUT2D eigenvalue weighted by Crippen LogP contribution is -2.13. The highest BCUT2D eigenvalue weighted by Gasteiger charge is 2.24. The number of thiophene rings is 1. The van der Waals surface area contributed by atoms with Crippen LogP contribution in [0.5, 0.6) is 10.8 Å². The van der Waals surface area contributed by atoms with Crippen LogP contribution in [0.1, 0.15) is 21.6 Å². The highest BCUT2D eigenvalue weighted by molar-refractivity contribution is 7.12. The van der Waals surface area contributed by atoms with Gasteiger partial charge >= 0.3 is 12.6 Å². The average Bonchev–Trinajstić information content (AvgIpc) is 3.16. The number of carboxylic acid groups (broad SMARTS) is 1. The minimum absolute atomic E-state index is 0.0991. The lowest BCUT2D eigenvalue weighted by molar-refractivity contribution is -0.136. The van der Waals surface area contributed by atoms with Crippen LogP contribution in [0.15, 0.2) is 23.6 Å². The van der Waals surface area contributed by atoms with E-state index in [0.29, 0.717) is 27.9 Å². The molecule has 0 aliphatic carbocycles. The van der Waals surface area contributed by atoms with E-state index < -0.39 is 18.5 Å². The van der Waals surface area contributed by atoms with Crippen LogP contribution in [-0.2, 0) is 11.2 Å². The number of alkyl halides is 2. The molecule has 0 saturated carbocycles. The van der Waals surface area contributed by atoms with Crippen molar-refractivity contribution in [2.75, 3.05) is 7.11 Å². The van der Waals surface area contributed by atoms with Gasteiger partial charge in [-0.3, -0.25) is 14.2 Å². The number of aromatic nitrogens is 1. The Morgan fingerprint density at radius 3 is 2.64 bits per heavy atom. The van der Waals surface area contributed by atoms with Crippen molar-refractivity contribution in [3.63, 3.8) is 0 Å². The Kier molecular flexibility index (Phi) is 5.57. The summed E-state index contributed by atoms with van der Waals surface area (Å²) in [5.41, 5.74) is 1.38. The Balaban J connectivity index is 2.18. The average molecular weight is 430 g/mol. The fourth-order valence-electron chi connectivity index (χ4n) is 2.98. The first kappa shape index (κ1) is 20.1. The Hall–Kier alpha value is -2.65. The number of methoxy groups -OCH3 is 1. The van der Waals surface area contributed by atoms with E-state index in [-0.39, 0.29) is 22.1 Å². The molecule has 10 heteroatoms. The molecular formula is C18H14ClF2NO5S. The Labute approximate surface area is 166 Å². The summed E-state index contributed by atoms with van der Waals surface area (Å²) in [7, 11) is 1.43. The van der Waals surface area contributed by atoms with Crippen molar-refractivity contribution >= 4 is 45.7 Å². The van der Waals surface area contributed by atoms with Crippen molar-refractivity contribution in [1.82, 2.24) is 4.57 Å². The van der Waals surface area contributed by atoms with Crippen LogP contribution in [0, 0.1) is 6.92 Å². The number of ether oxygens (including phenoxy) is 2. The molecule has 0 atom stereocenters. The van der Waals surface area contributed by atoms with Gasteiger partial charge in [0.25, 0.3) is 5.91 Å². The van der Waals surface area contributed by atoms with Crippen LogP contribution in [0.3, 0.4) is 0 Å². The number of hydrogen-bond donors (Lipinski definition) is 1. The first-order chi connectivity index (χ1) is 13.2. The summed E-state index contributed by atoms with van der Waals surface area (Å²) in [6.07, 6.45) is -0.309. The molecule has 3 aromatic rings. The number of aliphatic carboxylic acids is 1. The lowest BCUT2D eigenvalue weighted by atomic mass is 10.1. The maximum absolute atomic E-state index is 13.0. The van der Waals surface area contributed by atoms with E-state index in [0.717, 1.165) is 11.3 Å². The monoisotopic (exact) mass is 429 g/mol. The largest absolute Gasteiger partial charge is 0.495 e. The normalized spacial score (nSPS) is 11.2. The fourth-order valence-corrected chi connectivity index (χ4v) is 3.95. The number of halogens is 3. The molecule has 0 radical (unpaired) electrons. The van der Waals surface area contributed by atoms with E-state index in [9.17, 15) is 23.5 Å². The summed E-state index contributed by atoms with van der Waals surface area (Å²) in [6.45, 7) is -1.39. The van der Waals surface area contributed by atoms with Gasteiger partial charge < -0.3 is 14.6 Å². The van der Waals surface area contributed by atoms with Crippen molar-refractivity contribution in [2.24, 2.45) is 0 Å². The minimum atomic E-state index is -3.00. The first-order valence-corrected chi connectivity index (χ1v) is 9.16. The zero-order valence-corrected chi connectivity index (χ0v) is 16.2. The molecule has 1 aromatic carbocycles. The fraction of sp³-hybridized carbons (Fsp3) is 0.222. The molecule has 3 rings (SSSR count). The number of benzene rings is 1. The molecular weight excluding hydrogens is 416 g/mol. The predicted molar refractivity (Wildman–Crippen MR) is 100 cm³/mol. The SMILES string of the molecule is COc1cc2c(CC(=O)O)c(C)n(C(=O)c3csc(OC(F)F)c3)c2cc1Cl. The number of carbonyl (C=O) groups is 2. The third kappa shape index (κ3) is 3.67. The van der Waals surface area contributed by atoms with Gasteiger partial charge in [-0.25, -0.2) is 0 Å². The lowest BCUT2D eigenvalue weighted by Gasteiger charge is -2.07. The van der Waals surface area contributed by atoms with Gasteiger partial charge in [0.1, 0.15) is 5.75 Å². The van der Waals surface area contributed by atoms with E-state index >= 15 is 0 Å². The minimum Gasteiger partial charge on any atom is -0.495 e. The third-order valence-corrected chi connectivity index (χ3v) is 5.28. The van der Waals surface area contributed by atoms with Crippen LogP contribution in [-0.4, -0.2) is 35.3 Å². The summed E-state index contributed by atoms with van der Waals surface area (Å²) >= 11 is 7.05. The van der Waals surface area contributed by atoms with E-state index in [4.69, 9.17) is 16.3 Å². The van der Waals surface area contributed by atoms with Crippen LogP contribution in [0.4, 0.5) is 8.78 Å². The van der Waals surface area contributed by atoms with Gasteiger partial charge in [0.2, 0.25) is 0 Å². The van der Waals surface area contributed by atoms with Gasteiger partial charge in [-0.2, -0.15) is 8.78 Å². The van der Waals surface area contributed by atoms with Crippen molar-refractivity contribution in [3.8, 4) is 10.8 Å². The summed E-state index contributed by atoms with van der Waals surface area (Å²) in [5.74, 6) is -1.24.